The number of phenols is 1. The number of aliphatic hydroxyl groups is 4. The number of hydrogen-bond donors (Lipinski definition) is 6. The summed E-state index contributed by atoms with van der Waals surface area (Å²) in [6.45, 7) is 0.515. The highest BCUT2D eigenvalue weighted by atomic mass is 16.7. The number of phenolic OH excluding ortho intramolecular Hbond substituents is 1. The summed E-state index contributed by atoms with van der Waals surface area (Å²) in [7, 11) is 0. The fraction of sp³-hybridized carbons (Fsp3) is 0.476. The number of aromatic hydroxyl groups is 1. The van der Waals surface area contributed by atoms with Gasteiger partial charge in [-0.25, -0.2) is 4.79 Å². The predicted molar refractivity (Wildman–Crippen MR) is 110 cm³/mol. The second-order valence-electron chi connectivity index (χ2n) is 8.17. The van der Waals surface area contributed by atoms with Gasteiger partial charge in [-0.05, 0) is 19.1 Å². The number of aliphatic hydroxyl groups excluding tert-OH is 3. The van der Waals surface area contributed by atoms with E-state index in [4.69, 9.17) is 23.7 Å². The molecule has 0 aliphatic carbocycles. The number of carboxylic acid groups (broad SMARTS) is 1. The maximum absolute atomic E-state index is 12.0. The van der Waals surface area contributed by atoms with E-state index < -0.39 is 79.1 Å². The van der Waals surface area contributed by atoms with Crippen molar-refractivity contribution in [3.63, 3.8) is 0 Å². The quantitative estimate of drug-likeness (QED) is 0.193. The van der Waals surface area contributed by atoms with Gasteiger partial charge >= 0.3 is 17.6 Å². The van der Waals surface area contributed by atoms with Crippen LogP contribution in [0, 0.1) is 0 Å². The minimum atomic E-state index is -1.87. The van der Waals surface area contributed by atoms with Crippen molar-refractivity contribution >= 4 is 22.9 Å². The van der Waals surface area contributed by atoms with E-state index in [-0.39, 0.29) is 11.3 Å². The first kappa shape index (κ1) is 25.4. The average Bonchev–Trinajstić information content (AvgIpc) is 2.72. The van der Waals surface area contributed by atoms with Gasteiger partial charge in [-0.15, -0.1) is 0 Å². The SMILES string of the molecule is C[C@@](O)(CC(=O)O)CC(=O)OC[C@H]1O[C@@H](Oc2cc3ccc(=O)oc3cc2O)[C@H](O)[C@@H](O)[C@@H]1O. The predicted octanol–water partition coefficient (Wildman–Crippen LogP) is -1.16. The number of ether oxygens (including phenoxy) is 3. The Hall–Kier alpha value is -3.23. The van der Waals surface area contributed by atoms with E-state index in [0.29, 0.717) is 5.39 Å². The number of benzene rings is 1. The van der Waals surface area contributed by atoms with Crippen LogP contribution >= 0.6 is 0 Å². The minimum Gasteiger partial charge on any atom is -0.504 e. The summed E-state index contributed by atoms with van der Waals surface area (Å²) in [6, 6.07) is 4.95. The first-order valence-electron chi connectivity index (χ1n) is 10.1. The van der Waals surface area contributed by atoms with Crippen molar-refractivity contribution in [1.29, 1.82) is 0 Å². The lowest BCUT2D eigenvalue weighted by molar-refractivity contribution is -0.278. The molecule has 0 radical (unpaired) electrons. The van der Waals surface area contributed by atoms with Gasteiger partial charge in [0.05, 0.1) is 18.4 Å². The van der Waals surface area contributed by atoms with Gasteiger partial charge in [-0.3, -0.25) is 9.59 Å². The Bertz CT molecular complexity index is 1110. The van der Waals surface area contributed by atoms with E-state index in [1.165, 1.54) is 12.1 Å². The summed E-state index contributed by atoms with van der Waals surface area (Å²) in [5.41, 5.74) is -2.43. The fourth-order valence-electron chi connectivity index (χ4n) is 3.38. The number of esters is 1. The number of hydrogen-bond acceptors (Lipinski definition) is 12. The van der Waals surface area contributed by atoms with Gasteiger partial charge in [0, 0.05) is 17.5 Å². The highest BCUT2D eigenvalue weighted by molar-refractivity contribution is 5.80. The molecule has 186 valence electrons. The molecule has 0 spiro atoms. The molecule has 3 rings (SSSR count). The molecule has 6 atom stereocenters. The van der Waals surface area contributed by atoms with Gasteiger partial charge in [-0.1, -0.05) is 0 Å². The molecular weight excluding hydrogens is 460 g/mol. The van der Waals surface area contributed by atoms with E-state index in [9.17, 15) is 39.9 Å². The van der Waals surface area contributed by atoms with Gasteiger partial charge in [0.15, 0.2) is 11.5 Å². The summed E-state index contributed by atoms with van der Waals surface area (Å²) in [6.07, 6.45) is -9.59. The number of carbonyl (C=O) groups excluding carboxylic acids is 1. The lowest BCUT2D eigenvalue weighted by atomic mass is 9.98. The standard InChI is InChI=1S/C21H24O13/c1-21(30,6-14(23)24)7-16(26)31-8-13-17(27)18(28)19(29)20(34-13)33-12-4-9-2-3-15(25)32-11(9)5-10(12)22/h2-5,13,17-20,22,27-30H,6-8H2,1H3,(H,23,24)/t13-,17-,18+,19-,20-,21-/m1/s1. The molecule has 2 heterocycles. The molecule has 1 aromatic heterocycles. The van der Waals surface area contributed by atoms with Crippen molar-refractivity contribution in [3.8, 4) is 11.5 Å². The van der Waals surface area contributed by atoms with E-state index >= 15 is 0 Å². The first-order valence-corrected chi connectivity index (χ1v) is 10.1. The molecule has 6 N–H and O–H groups in total. The Balaban J connectivity index is 1.69. The highest BCUT2D eigenvalue weighted by Crippen LogP contribution is 2.34. The second kappa shape index (κ2) is 9.95. The molecular formula is C21H24O13. The lowest BCUT2D eigenvalue weighted by Crippen LogP contribution is -2.60. The van der Waals surface area contributed by atoms with Crippen molar-refractivity contribution in [1.82, 2.24) is 0 Å². The van der Waals surface area contributed by atoms with Crippen molar-refractivity contribution < 1.29 is 58.9 Å². The van der Waals surface area contributed by atoms with E-state index in [0.717, 1.165) is 19.1 Å². The zero-order chi connectivity index (χ0) is 25.2. The normalized spacial score (nSPS) is 26.6. The third-order valence-electron chi connectivity index (χ3n) is 5.08. The van der Waals surface area contributed by atoms with Crippen LogP contribution in [0.5, 0.6) is 11.5 Å². The van der Waals surface area contributed by atoms with Crippen LogP contribution in [-0.4, -0.2) is 85.5 Å². The van der Waals surface area contributed by atoms with E-state index in [2.05, 4.69) is 0 Å². The fourth-order valence-corrected chi connectivity index (χ4v) is 3.38. The third-order valence-corrected chi connectivity index (χ3v) is 5.08. The second-order valence-corrected chi connectivity index (χ2v) is 8.17. The smallest absolute Gasteiger partial charge is 0.336 e. The molecule has 1 aliphatic rings. The van der Waals surface area contributed by atoms with Crippen LogP contribution in [0.25, 0.3) is 11.0 Å². The van der Waals surface area contributed by atoms with E-state index in [1.54, 1.807) is 0 Å². The number of aliphatic carboxylic acids is 1. The molecule has 0 saturated carbocycles. The monoisotopic (exact) mass is 484 g/mol. The molecule has 0 amide bonds. The van der Waals surface area contributed by atoms with Crippen molar-refractivity contribution in [2.24, 2.45) is 0 Å². The van der Waals surface area contributed by atoms with Crippen molar-refractivity contribution in [2.45, 2.75) is 56.1 Å². The molecule has 34 heavy (non-hydrogen) atoms. The van der Waals surface area contributed by atoms with Gasteiger partial charge in [-0.2, -0.15) is 0 Å². The van der Waals surface area contributed by atoms with Crippen molar-refractivity contribution in [3.05, 3.63) is 34.7 Å². The molecule has 0 bridgehead atoms. The Labute approximate surface area is 191 Å². The number of carbonyl (C=O) groups is 2. The van der Waals surface area contributed by atoms with Crippen LogP contribution in [0.3, 0.4) is 0 Å². The van der Waals surface area contributed by atoms with Crippen LogP contribution in [0.2, 0.25) is 0 Å². The summed E-state index contributed by atoms with van der Waals surface area (Å²) in [5, 5.41) is 59.8. The summed E-state index contributed by atoms with van der Waals surface area (Å²) >= 11 is 0. The molecule has 13 nitrogen and oxygen atoms in total. The summed E-state index contributed by atoms with van der Waals surface area (Å²) in [4.78, 5) is 34.0. The molecule has 13 heteroatoms. The minimum absolute atomic E-state index is 0.0708. The maximum Gasteiger partial charge on any atom is 0.336 e. The van der Waals surface area contributed by atoms with Crippen molar-refractivity contribution in [2.75, 3.05) is 6.61 Å². The van der Waals surface area contributed by atoms with Crippen LogP contribution in [-0.2, 0) is 19.1 Å². The molecule has 1 saturated heterocycles. The Kier molecular flexibility index (Phi) is 7.43. The summed E-state index contributed by atoms with van der Waals surface area (Å²) in [5.74, 6) is -2.98. The maximum atomic E-state index is 12.0. The lowest BCUT2D eigenvalue weighted by Gasteiger charge is -2.40. The number of rotatable bonds is 8. The number of fused-ring (bicyclic) bond motifs is 1. The topological polar surface area (TPSA) is 213 Å². The van der Waals surface area contributed by atoms with Gasteiger partial charge in [0.25, 0.3) is 0 Å². The van der Waals surface area contributed by atoms with Crippen LogP contribution in [0.1, 0.15) is 19.8 Å². The Morgan fingerprint density at radius 2 is 1.79 bits per heavy atom. The zero-order valence-corrected chi connectivity index (χ0v) is 17.9. The molecule has 0 unspecified atom stereocenters. The van der Waals surface area contributed by atoms with Gasteiger partial charge in [0.1, 0.15) is 36.6 Å². The van der Waals surface area contributed by atoms with Gasteiger partial charge < -0.3 is 49.3 Å². The van der Waals surface area contributed by atoms with Crippen LogP contribution in [0.15, 0.2) is 33.5 Å². The molecule has 1 aliphatic heterocycles. The molecule has 1 fully saturated rings. The molecule has 2 aromatic rings. The number of carboxylic acids is 1. The van der Waals surface area contributed by atoms with E-state index in [1.807, 2.05) is 0 Å². The first-order chi connectivity index (χ1) is 15.9. The van der Waals surface area contributed by atoms with Crippen LogP contribution in [0.4, 0.5) is 0 Å². The zero-order valence-electron chi connectivity index (χ0n) is 17.9. The summed E-state index contributed by atoms with van der Waals surface area (Å²) < 4.78 is 20.7. The Morgan fingerprint density at radius 3 is 2.47 bits per heavy atom. The Morgan fingerprint density at radius 1 is 1.09 bits per heavy atom. The van der Waals surface area contributed by atoms with Gasteiger partial charge in [0.2, 0.25) is 6.29 Å². The average molecular weight is 484 g/mol. The molecule has 1 aromatic carbocycles. The third kappa shape index (κ3) is 6.01. The van der Waals surface area contributed by atoms with Crippen LogP contribution < -0.4 is 10.4 Å². The highest BCUT2D eigenvalue weighted by Gasteiger charge is 2.46. The largest absolute Gasteiger partial charge is 0.504 e.